The first-order chi connectivity index (χ1) is 12.7. The molecule has 6 heteroatoms. The zero-order valence-electron chi connectivity index (χ0n) is 15.9. The van der Waals surface area contributed by atoms with Crippen LogP contribution in [-0.2, 0) is 19.1 Å². The highest BCUT2D eigenvalue weighted by atomic mass is 16.5. The number of allylic oxidation sites excluding steroid dienone is 2. The lowest BCUT2D eigenvalue weighted by Gasteiger charge is -2.37. The molecule has 0 fully saturated rings. The fourth-order valence-electron chi connectivity index (χ4n) is 3.61. The van der Waals surface area contributed by atoms with Gasteiger partial charge in [0.1, 0.15) is 11.3 Å². The van der Waals surface area contributed by atoms with E-state index in [1.165, 1.54) is 7.11 Å². The summed E-state index contributed by atoms with van der Waals surface area (Å²) >= 11 is 0. The van der Waals surface area contributed by atoms with Crippen molar-refractivity contribution in [3.05, 3.63) is 58.7 Å². The van der Waals surface area contributed by atoms with Gasteiger partial charge in [0.25, 0.3) is 5.91 Å². The van der Waals surface area contributed by atoms with E-state index in [4.69, 9.17) is 9.47 Å². The van der Waals surface area contributed by atoms with Crippen molar-refractivity contribution in [2.24, 2.45) is 11.3 Å². The predicted molar refractivity (Wildman–Crippen MR) is 98.2 cm³/mol. The van der Waals surface area contributed by atoms with Crippen molar-refractivity contribution in [3.63, 3.8) is 0 Å². The summed E-state index contributed by atoms with van der Waals surface area (Å²) in [7, 11) is 1.26. The molecular formula is C21H23NO5. The topological polar surface area (TPSA) is 81.7 Å². The number of Topliss-reactive ketones (excluding diaryl/α,β-unsaturated/α-hetero) is 1. The number of ether oxygens (including phenoxy) is 2. The first-order valence-electron chi connectivity index (χ1n) is 8.86. The van der Waals surface area contributed by atoms with Gasteiger partial charge in [-0.3, -0.25) is 14.9 Å². The largest absolute Gasteiger partial charge is 0.465 e. The first-order valence-corrected chi connectivity index (χ1v) is 8.86. The van der Waals surface area contributed by atoms with E-state index in [0.29, 0.717) is 29.7 Å². The van der Waals surface area contributed by atoms with Gasteiger partial charge in [0.15, 0.2) is 5.78 Å². The van der Waals surface area contributed by atoms with E-state index < -0.39 is 17.8 Å². The average Bonchev–Trinajstić information content (AvgIpc) is 2.60. The molecule has 0 radical (unpaired) electrons. The standard InChI is InChI=1S/C21H23NO5/c1-12-16-14(23)10-21(2,3)11-15(16)27-19(17(12)20(25)26-4)22-18(24)13-8-6-5-7-9-13/h5-9,12H,10-11H2,1-4H3,(H,22,24)/t12-/m1/s1. The van der Waals surface area contributed by atoms with Gasteiger partial charge >= 0.3 is 5.97 Å². The van der Waals surface area contributed by atoms with Gasteiger partial charge in [-0.05, 0) is 17.5 Å². The van der Waals surface area contributed by atoms with Crippen molar-refractivity contribution in [2.45, 2.75) is 33.6 Å². The quantitative estimate of drug-likeness (QED) is 0.828. The number of methoxy groups -OCH3 is 1. The second-order valence-electron chi connectivity index (χ2n) is 7.66. The lowest BCUT2D eigenvalue weighted by atomic mass is 9.72. The summed E-state index contributed by atoms with van der Waals surface area (Å²) < 4.78 is 10.8. The summed E-state index contributed by atoms with van der Waals surface area (Å²) in [5.41, 5.74) is 0.832. The number of amides is 1. The number of carbonyl (C=O) groups is 3. The molecule has 0 unspecified atom stereocenters. The summed E-state index contributed by atoms with van der Waals surface area (Å²) in [5, 5.41) is 2.68. The first kappa shape index (κ1) is 18.9. The second kappa shape index (κ2) is 7.02. The highest BCUT2D eigenvalue weighted by Crippen LogP contribution is 2.44. The lowest BCUT2D eigenvalue weighted by Crippen LogP contribution is -2.38. The van der Waals surface area contributed by atoms with E-state index >= 15 is 0 Å². The van der Waals surface area contributed by atoms with Crippen LogP contribution < -0.4 is 5.32 Å². The molecule has 1 aliphatic heterocycles. The van der Waals surface area contributed by atoms with E-state index in [9.17, 15) is 14.4 Å². The molecule has 0 aromatic heterocycles. The number of nitrogens with one attached hydrogen (secondary N) is 1. The molecular weight excluding hydrogens is 346 g/mol. The fraction of sp³-hybridized carbons (Fsp3) is 0.381. The average molecular weight is 369 g/mol. The van der Waals surface area contributed by atoms with Crippen molar-refractivity contribution in [3.8, 4) is 0 Å². The minimum absolute atomic E-state index is 0.0347. The molecule has 142 valence electrons. The third-order valence-electron chi connectivity index (χ3n) is 4.88. The Morgan fingerprint density at radius 1 is 1.19 bits per heavy atom. The molecule has 6 nitrogen and oxygen atoms in total. The normalized spacial score (nSPS) is 21.3. The van der Waals surface area contributed by atoms with Gasteiger partial charge in [0, 0.05) is 29.9 Å². The molecule has 1 N–H and O–H groups in total. The van der Waals surface area contributed by atoms with Gasteiger partial charge in [-0.2, -0.15) is 0 Å². The zero-order valence-corrected chi connectivity index (χ0v) is 15.9. The molecule has 2 aliphatic rings. The van der Waals surface area contributed by atoms with Crippen LogP contribution in [0.3, 0.4) is 0 Å². The molecule has 1 aromatic carbocycles. The van der Waals surface area contributed by atoms with Crippen molar-refractivity contribution in [1.29, 1.82) is 0 Å². The van der Waals surface area contributed by atoms with E-state index in [0.717, 1.165) is 0 Å². The summed E-state index contributed by atoms with van der Waals surface area (Å²) in [6.07, 6.45) is 0.942. The zero-order chi connectivity index (χ0) is 19.8. The number of benzene rings is 1. The van der Waals surface area contributed by atoms with Gasteiger partial charge in [-0.1, -0.05) is 39.0 Å². The highest BCUT2D eigenvalue weighted by molar-refractivity contribution is 6.02. The summed E-state index contributed by atoms with van der Waals surface area (Å²) in [6, 6.07) is 8.63. The van der Waals surface area contributed by atoms with Crippen LogP contribution in [0.2, 0.25) is 0 Å². The third kappa shape index (κ3) is 3.65. The summed E-state index contributed by atoms with van der Waals surface area (Å²) in [6.45, 7) is 5.74. The molecule has 0 saturated heterocycles. The Hall–Kier alpha value is -2.89. The Morgan fingerprint density at radius 3 is 2.48 bits per heavy atom. The molecule has 1 aliphatic carbocycles. The molecule has 0 saturated carbocycles. The Bertz CT molecular complexity index is 864. The molecule has 0 bridgehead atoms. The van der Waals surface area contributed by atoms with Gasteiger partial charge in [0.05, 0.1) is 7.11 Å². The van der Waals surface area contributed by atoms with Crippen LogP contribution in [0.5, 0.6) is 0 Å². The number of ketones is 1. The van der Waals surface area contributed by atoms with Crippen molar-refractivity contribution < 1.29 is 23.9 Å². The van der Waals surface area contributed by atoms with Gasteiger partial charge in [-0.15, -0.1) is 0 Å². The maximum Gasteiger partial charge on any atom is 0.339 e. The smallest absolute Gasteiger partial charge is 0.339 e. The number of rotatable bonds is 3. The molecule has 27 heavy (non-hydrogen) atoms. The van der Waals surface area contributed by atoms with E-state index in [1.807, 2.05) is 19.9 Å². The van der Waals surface area contributed by atoms with Gasteiger partial charge in [-0.25, -0.2) is 4.79 Å². The maximum atomic E-state index is 12.7. The summed E-state index contributed by atoms with van der Waals surface area (Å²) in [5.74, 6) is -1.04. The molecule has 1 aromatic rings. The Morgan fingerprint density at radius 2 is 1.85 bits per heavy atom. The summed E-state index contributed by atoms with van der Waals surface area (Å²) in [4.78, 5) is 37.6. The Kier molecular flexibility index (Phi) is 4.91. The van der Waals surface area contributed by atoms with Gasteiger partial charge < -0.3 is 9.47 Å². The van der Waals surface area contributed by atoms with E-state index in [2.05, 4.69) is 5.32 Å². The van der Waals surface area contributed by atoms with Crippen LogP contribution in [0.1, 0.15) is 44.0 Å². The SMILES string of the molecule is COC(=O)C1=C(NC(=O)c2ccccc2)OC2=C(C(=O)CC(C)(C)C2)[C@H]1C. The maximum absolute atomic E-state index is 12.7. The number of esters is 1. The molecule has 1 atom stereocenters. The van der Waals surface area contributed by atoms with Crippen LogP contribution >= 0.6 is 0 Å². The molecule has 3 rings (SSSR count). The molecule has 1 heterocycles. The Labute approximate surface area is 158 Å². The number of hydrogen-bond acceptors (Lipinski definition) is 5. The highest BCUT2D eigenvalue weighted by Gasteiger charge is 2.43. The number of hydrogen-bond donors (Lipinski definition) is 1. The third-order valence-corrected chi connectivity index (χ3v) is 4.88. The van der Waals surface area contributed by atoms with Crippen molar-refractivity contribution in [1.82, 2.24) is 5.32 Å². The van der Waals surface area contributed by atoms with Crippen LogP contribution in [-0.4, -0.2) is 24.8 Å². The van der Waals surface area contributed by atoms with Gasteiger partial charge in [0.2, 0.25) is 5.88 Å². The molecule has 0 spiro atoms. The van der Waals surface area contributed by atoms with Crippen LogP contribution in [0.15, 0.2) is 53.1 Å². The monoisotopic (exact) mass is 369 g/mol. The van der Waals surface area contributed by atoms with Crippen molar-refractivity contribution >= 4 is 17.7 Å². The van der Waals surface area contributed by atoms with Crippen molar-refractivity contribution in [2.75, 3.05) is 7.11 Å². The van der Waals surface area contributed by atoms with Crippen LogP contribution in [0.4, 0.5) is 0 Å². The van der Waals surface area contributed by atoms with Crippen LogP contribution in [0.25, 0.3) is 0 Å². The van der Waals surface area contributed by atoms with E-state index in [-0.39, 0.29) is 22.7 Å². The number of carbonyl (C=O) groups excluding carboxylic acids is 3. The van der Waals surface area contributed by atoms with E-state index in [1.54, 1.807) is 31.2 Å². The van der Waals surface area contributed by atoms with Crippen LogP contribution in [0, 0.1) is 11.3 Å². The minimum atomic E-state index is -0.630. The lowest BCUT2D eigenvalue weighted by molar-refractivity contribution is -0.137. The Balaban J connectivity index is 1.99. The second-order valence-corrected chi connectivity index (χ2v) is 7.66. The predicted octanol–water partition coefficient (Wildman–Crippen LogP) is 3.11. The molecule has 1 amide bonds. The fourth-order valence-corrected chi connectivity index (χ4v) is 3.61. The minimum Gasteiger partial charge on any atom is -0.465 e.